The summed E-state index contributed by atoms with van der Waals surface area (Å²) in [6.07, 6.45) is 2.88. The minimum atomic E-state index is -0.379. The molecule has 5 heteroatoms. The van der Waals surface area contributed by atoms with Gasteiger partial charge in [-0.15, -0.1) is 0 Å². The van der Waals surface area contributed by atoms with Crippen LogP contribution in [0.4, 0.5) is 0 Å². The van der Waals surface area contributed by atoms with Crippen LogP contribution in [0.1, 0.15) is 23.3 Å². The molecule has 0 bridgehead atoms. The molecule has 1 aliphatic rings. The molecule has 1 aromatic rings. The SMILES string of the molecule is Cn1nccc1C(=O)N1CCCC(O)C1. The Labute approximate surface area is 88.3 Å². The highest BCUT2D eigenvalue weighted by Gasteiger charge is 2.24. The maximum atomic E-state index is 12.0. The van der Waals surface area contributed by atoms with Gasteiger partial charge in [0.15, 0.2) is 0 Å². The Morgan fingerprint density at radius 2 is 2.47 bits per heavy atom. The van der Waals surface area contributed by atoms with Crippen LogP contribution in [-0.2, 0) is 7.05 Å². The molecule has 1 N–H and O–H groups in total. The van der Waals surface area contributed by atoms with E-state index in [1.807, 2.05) is 0 Å². The quantitative estimate of drug-likeness (QED) is 0.709. The Morgan fingerprint density at radius 1 is 1.67 bits per heavy atom. The Hall–Kier alpha value is -1.36. The number of aliphatic hydroxyl groups excluding tert-OH is 1. The first-order chi connectivity index (χ1) is 7.18. The predicted octanol–water partition coefficient (Wildman–Crippen LogP) is 0.0170. The summed E-state index contributed by atoms with van der Waals surface area (Å²) in [5.41, 5.74) is 0.573. The molecule has 0 aliphatic carbocycles. The second kappa shape index (κ2) is 4.02. The summed E-state index contributed by atoms with van der Waals surface area (Å²) in [5, 5.41) is 13.4. The highest BCUT2D eigenvalue weighted by molar-refractivity contribution is 5.92. The van der Waals surface area contributed by atoms with Crippen LogP contribution in [0, 0.1) is 0 Å². The van der Waals surface area contributed by atoms with Gasteiger partial charge in [0.25, 0.3) is 5.91 Å². The average molecular weight is 209 g/mol. The molecule has 1 aliphatic heterocycles. The number of β-amino-alcohol motifs (C(OH)–C–C–N with tert-alkyl or cyclic N) is 1. The van der Waals surface area contributed by atoms with Gasteiger partial charge in [0.05, 0.1) is 6.10 Å². The van der Waals surface area contributed by atoms with Crippen molar-refractivity contribution >= 4 is 5.91 Å². The molecular weight excluding hydrogens is 194 g/mol. The molecule has 0 radical (unpaired) electrons. The van der Waals surface area contributed by atoms with Crippen molar-refractivity contribution in [2.45, 2.75) is 18.9 Å². The molecule has 0 aromatic carbocycles. The number of aliphatic hydroxyl groups is 1. The van der Waals surface area contributed by atoms with Gasteiger partial charge in [0.2, 0.25) is 0 Å². The van der Waals surface area contributed by atoms with Crippen molar-refractivity contribution in [2.24, 2.45) is 7.05 Å². The largest absolute Gasteiger partial charge is 0.391 e. The second-order valence-corrected chi connectivity index (χ2v) is 3.89. The van der Waals surface area contributed by atoms with Gasteiger partial charge in [-0.1, -0.05) is 0 Å². The fraction of sp³-hybridized carbons (Fsp3) is 0.600. The fourth-order valence-electron chi connectivity index (χ4n) is 1.88. The lowest BCUT2D eigenvalue weighted by Crippen LogP contribution is -2.42. The number of likely N-dealkylation sites (tertiary alicyclic amines) is 1. The lowest BCUT2D eigenvalue weighted by Gasteiger charge is -2.29. The highest BCUT2D eigenvalue weighted by atomic mass is 16.3. The molecule has 82 valence electrons. The van der Waals surface area contributed by atoms with Crippen LogP contribution < -0.4 is 0 Å². The van der Waals surface area contributed by atoms with Gasteiger partial charge in [0, 0.05) is 26.3 Å². The molecule has 0 saturated carbocycles. The van der Waals surface area contributed by atoms with Gasteiger partial charge in [-0.05, 0) is 18.9 Å². The van der Waals surface area contributed by atoms with Crippen LogP contribution in [-0.4, -0.2) is 44.9 Å². The number of carbonyl (C=O) groups excluding carboxylic acids is 1. The molecule has 2 heterocycles. The molecule has 1 amide bonds. The number of carbonyl (C=O) groups is 1. The standard InChI is InChI=1S/C10H15N3O2/c1-12-9(4-5-11-12)10(15)13-6-2-3-8(14)7-13/h4-5,8,14H,2-3,6-7H2,1H3. The lowest BCUT2D eigenvalue weighted by molar-refractivity contribution is 0.0465. The fourth-order valence-corrected chi connectivity index (χ4v) is 1.88. The molecule has 15 heavy (non-hydrogen) atoms. The first-order valence-corrected chi connectivity index (χ1v) is 5.14. The van der Waals surface area contributed by atoms with E-state index in [9.17, 15) is 9.90 Å². The summed E-state index contributed by atoms with van der Waals surface area (Å²) in [6.45, 7) is 1.16. The summed E-state index contributed by atoms with van der Waals surface area (Å²) in [4.78, 5) is 13.7. The van der Waals surface area contributed by atoms with Gasteiger partial charge < -0.3 is 10.0 Å². The maximum Gasteiger partial charge on any atom is 0.272 e. The zero-order valence-corrected chi connectivity index (χ0v) is 8.76. The van der Waals surface area contributed by atoms with Gasteiger partial charge in [0.1, 0.15) is 5.69 Å². The molecule has 5 nitrogen and oxygen atoms in total. The minimum Gasteiger partial charge on any atom is -0.391 e. The first kappa shape index (κ1) is 10.2. The average Bonchev–Trinajstić information content (AvgIpc) is 2.63. The minimum absolute atomic E-state index is 0.0475. The third-order valence-electron chi connectivity index (χ3n) is 2.72. The lowest BCUT2D eigenvalue weighted by atomic mass is 10.1. The number of aromatic nitrogens is 2. The van der Waals surface area contributed by atoms with Crippen molar-refractivity contribution in [1.29, 1.82) is 0 Å². The van der Waals surface area contributed by atoms with Crippen molar-refractivity contribution in [3.63, 3.8) is 0 Å². The van der Waals surface area contributed by atoms with E-state index in [1.165, 1.54) is 0 Å². The summed E-state index contributed by atoms with van der Waals surface area (Å²) in [5.74, 6) is -0.0475. The zero-order valence-electron chi connectivity index (χ0n) is 8.76. The van der Waals surface area contributed by atoms with Gasteiger partial charge in [-0.3, -0.25) is 9.48 Å². The number of rotatable bonds is 1. The number of piperidine rings is 1. The van der Waals surface area contributed by atoms with Crippen LogP contribution >= 0.6 is 0 Å². The van der Waals surface area contributed by atoms with E-state index in [1.54, 1.807) is 28.9 Å². The van der Waals surface area contributed by atoms with E-state index in [-0.39, 0.29) is 12.0 Å². The van der Waals surface area contributed by atoms with Gasteiger partial charge in [-0.25, -0.2) is 0 Å². The van der Waals surface area contributed by atoms with E-state index in [0.29, 0.717) is 12.2 Å². The first-order valence-electron chi connectivity index (χ1n) is 5.14. The molecule has 1 unspecified atom stereocenters. The van der Waals surface area contributed by atoms with Crippen LogP contribution in [0.15, 0.2) is 12.3 Å². The van der Waals surface area contributed by atoms with E-state index in [2.05, 4.69) is 5.10 Å². The summed E-state index contributed by atoms with van der Waals surface area (Å²) >= 11 is 0. The maximum absolute atomic E-state index is 12.0. The highest BCUT2D eigenvalue weighted by Crippen LogP contribution is 2.13. The molecular formula is C10H15N3O2. The Kier molecular flexibility index (Phi) is 2.73. The third kappa shape index (κ3) is 2.02. The van der Waals surface area contributed by atoms with E-state index in [4.69, 9.17) is 0 Å². The molecule has 1 fully saturated rings. The molecule has 0 spiro atoms. The van der Waals surface area contributed by atoms with Gasteiger partial charge >= 0.3 is 0 Å². The molecule has 1 aromatic heterocycles. The summed E-state index contributed by atoms with van der Waals surface area (Å²) in [6, 6.07) is 1.70. The predicted molar refractivity (Wildman–Crippen MR) is 54.4 cm³/mol. The van der Waals surface area contributed by atoms with Crippen molar-refractivity contribution < 1.29 is 9.90 Å². The number of hydrogen-bond donors (Lipinski definition) is 1. The normalized spacial score (nSPS) is 21.7. The van der Waals surface area contributed by atoms with Crippen LogP contribution in [0.2, 0.25) is 0 Å². The number of aryl methyl sites for hydroxylation is 1. The Bertz CT molecular complexity index is 361. The molecule has 1 atom stereocenters. The van der Waals surface area contributed by atoms with Gasteiger partial charge in [-0.2, -0.15) is 5.10 Å². The Morgan fingerprint density at radius 3 is 3.07 bits per heavy atom. The van der Waals surface area contributed by atoms with Crippen molar-refractivity contribution in [3.8, 4) is 0 Å². The van der Waals surface area contributed by atoms with Crippen LogP contribution in [0.3, 0.4) is 0 Å². The Balaban J connectivity index is 2.11. The van der Waals surface area contributed by atoms with E-state index >= 15 is 0 Å². The smallest absolute Gasteiger partial charge is 0.272 e. The van der Waals surface area contributed by atoms with Crippen molar-refractivity contribution in [3.05, 3.63) is 18.0 Å². The molecule has 2 rings (SSSR count). The van der Waals surface area contributed by atoms with Crippen LogP contribution in [0.5, 0.6) is 0 Å². The molecule has 1 saturated heterocycles. The second-order valence-electron chi connectivity index (χ2n) is 3.89. The zero-order chi connectivity index (χ0) is 10.8. The summed E-state index contributed by atoms with van der Waals surface area (Å²) < 4.78 is 1.56. The number of amides is 1. The van der Waals surface area contributed by atoms with E-state index < -0.39 is 0 Å². The van der Waals surface area contributed by atoms with E-state index in [0.717, 1.165) is 19.4 Å². The third-order valence-corrected chi connectivity index (χ3v) is 2.72. The van der Waals surface area contributed by atoms with Crippen molar-refractivity contribution in [2.75, 3.05) is 13.1 Å². The van der Waals surface area contributed by atoms with Crippen LogP contribution in [0.25, 0.3) is 0 Å². The number of nitrogens with zero attached hydrogens (tertiary/aromatic N) is 3. The van der Waals surface area contributed by atoms with Crippen molar-refractivity contribution in [1.82, 2.24) is 14.7 Å². The summed E-state index contributed by atoms with van der Waals surface area (Å²) in [7, 11) is 1.74. The monoisotopic (exact) mass is 209 g/mol. The number of hydrogen-bond acceptors (Lipinski definition) is 3. The topological polar surface area (TPSA) is 58.4 Å².